The van der Waals surface area contributed by atoms with Crippen molar-refractivity contribution >= 4 is 125 Å². The first kappa shape index (κ1) is 49.3. The topological polar surface area (TPSA) is 410 Å². The molecule has 10 N–H and O–H groups in total. The standard InChI is InChI=1S/C35H26N4O21S6/c40-33(38-25-7-9-28(64(50,51)52)23-13-21(62(44,45)46)15-27(31(23)25)61-60-59-43)17-3-1-5-19(11-17)36-35(42)37-20-6-2-4-18(12-20)34(41)39-26-8-10-29(65(53,54)55)24-14-22(63(47,48)49)16-30(32(24)26)66(56,57)58/h1-16,43H,(H,38,40)(H,39,41)(H2,36,37,42)(H,44,45,46)(H,47,48,49)(H,50,51,52)(H,53,54,55)(H,56,57,58). The lowest BCUT2D eigenvalue weighted by Crippen LogP contribution is -2.20. The molecule has 0 unspecified atom stereocenters. The van der Waals surface area contributed by atoms with Gasteiger partial charge in [0.05, 0.1) is 33.2 Å². The van der Waals surface area contributed by atoms with E-state index in [0.717, 1.165) is 30.3 Å². The minimum Gasteiger partial charge on any atom is -0.321 e. The fourth-order valence-electron chi connectivity index (χ4n) is 6.22. The maximum atomic E-state index is 13.5. The van der Waals surface area contributed by atoms with Crippen LogP contribution in [0.5, 0.6) is 0 Å². The molecule has 0 bridgehead atoms. The maximum absolute atomic E-state index is 13.5. The highest BCUT2D eigenvalue weighted by Crippen LogP contribution is 2.40. The van der Waals surface area contributed by atoms with Crippen LogP contribution in [0.1, 0.15) is 20.7 Å². The van der Waals surface area contributed by atoms with Gasteiger partial charge in [-0.2, -0.15) is 42.1 Å². The maximum Gasteiger partial charge on any atom is 0.323 e. The molecule has 348 valence electrons. The summed E-state index contributed by atoms with van der Waals surface area (Å²) in [6.07, 6.45) is 0. The summed E-state index contributed by atoms with van der Waals surface area (Å²) in [6, 6.07) is 14.7. The van der Waals surface area contributed by atoms with Crippen molar-refractivity contribution in [2.75, 3.05) is 21.3 Å². The molecule has 66 heavy (non-hydrogen) atoms. The molecule has 0 aromatic heterocycles. The average molecular weight is 1030 g/mol. The molecule has 0 spiro atoms. The Bertz CT molecular complexity index is 3630. The van der Waals surface area contributed by atoms with Crippen molar-refractivity contribution in [3.63, 3.8) is 0 Å². The second kappa shape index (κ2) is 18.2. The van der Waals surface area contributed by atoms with Gasteiger partial charge in [-0.3, -0.25) is 32.4 Å². The summed E-state index contributed by atoms with van der Waals surface area (Å²) in [5.74, 6) is -1.95. The van der Waals surface area contributed by atoms with E-state index in [2.05, 4.69) is 30.6 Å². The third-order valence-electron chi connectivity index (χ3n) is 8.87. The van der Waals surface area contributed by atoms with E-state index in [1.165, 1.54) is 42.5 Å². The summed E-state index contributed by atoms with van der Waals surface area (Å²) in [5.41, 5.74) is -1.17. The number of anilines is 4. The molecule has 6 aromatic carbocycles. The third-order valence-corrected chi connectivity index (χ3v) is 13.9. The number of rotatable bonds is 14. The number of carbonyl (C=O) groups excluding carboxylic acids is 3. The van der Waals surface area contributed by atoms with Gasteiger partial charge in [0.15, 0.2) is 0 Å². The van der Waals surface area contributed by atoms with Gasteiger partial charge < -0.3 is 21.3 Å². The second-order valence-corrected chi connectivity index (χ2v) is 20.9. The van der Waals surface area contributed by atoms with Crippen LogP contribution in [-0.2, 0) is 60.0 Å². The zero-order valence-corrected chi connectivity index (χ0v) is 36.9. The first-order valence-corrected chi connectivity index (χ1v) is 25.1. The monoisotopic (exact) mass is 1030 g/mol. The van der Waals surface area contributed by atoms with E-state index in [4.69, 9.17) is 5.26 Å². The number of urea groups is 1. The van der Waals surface area contributed by atoms with Gasteiger partial charge in [0.25, 0.3) is 62.4 Å². The van der Waals surface area contributed by atoms with Crippen molar-refractivity contribution in [1.82, 2.24) is 0 Å². The number of carbonyl (C=O) groups is 3. The normalized spacial score (nSPS) is 12.5. The third kappa shape index (κ3) is 11.1. The summed E-state index contributed by atoms with van der Waals surface area (Å²) in [5, 5.41) is 19.4. The Kier molecular flexibility index (Phi) is 13.6. The minimum absolute atomic E-state index is 0.00447. The Morgan fingerprint density at radius 3 is 1.32 bits per heavy atom. The summed E-state index contributed by atoms with van der Waals surface area (Å²) in [7, 11) is -26.0. The largest absolute Gasteiger partial charge is 0.323 e. The lowest BCUT2D eigenvalue weighted by atomic mass is 10.1. The van der Waals surface area contributed by atoms with E-state index >= 15 is 0 Å². The SMILES string of the molecule is O=C(Nc1cccc(C(=O)Nc2ccc(S(=O)(=O)O)c3cc(S(=O)(=O)O)cc(SOOO)c23)c1)Nc1cccc(C(=O)Nc2ccc(S(=O)(=O)O)c3cc(S(=O)(=O)O)cc(S(=O)(=O)O)c23)c1. The van der Waals surface area contributed by atoms with Crippen molar-refractivity contribution in [1.29, 1.82) is 0 Å². The van der Waals surface area contributed by atoms with Gasteiger partial charge in [-0.15, -0.1) is 4.33 Å². The first-order valence-electron chi connectivity index (χ1n) is 17.2. The zero-order valence-electron chi connectivity index (χ0n) is 32.0. The molecule has 0 atom stereocenters. The predicted molar refractivity (Wildman–Crippen MR) is 229 cm³/mol. The van der Waals surface area contributed by atoms with E-state index in [1.54, 1.807) is 0 Å². The van der Waals surface area contributed by atoms with Crippen LogP contribution < -0.4 is 21.3 Å². The molecule has 0 fully saturated rings. The van der Waals surface area contributed by atoms with Crippen LogP contribution in [0.25, 0.3) is 21.5 Å². The molecule has 0 heterocycles. The summed E-state index contributed by atoms with van der Waals surface area (Å²) >= 11 is 0.123. The fourth-order valence-corrected chi connectivity index (χ4v) is 10.1. The van der Waals surface area contributed by atoms with Crippen molar-refractivity contribution < 1.29 is 93.9 Å². The Balaban J connectivity index is 1.24. The molecule has 0 saturated carbocycles. The van der Waals surface area contributed by atoms with Crippen LogP contribution in [0.3, 0.4) is 0 Å². The van der Waals surface area contributed by atoms with E-state index in [1.807, 2.05) is 0 Å². The lowest BCUT2D eigenvalue weighted by Gasteiger charge is -2.16. The molecule has 31 heteroatoms. The van der Waals surface area contributed by atoms with Gasteiger partial charge in [-0.05, 0) is 84.9 Å². The van der Waals surface area contributed by atoms with Gasteiger partial charge >= 0.3 is 6.03 Å². The van der Waals surface area contributed by atoms with E-state index in [0.29, 0.717) is 18.2 Å². The molecular weight excluding hydrogens is 1000 g/mol. The molecule has 4 amide bonds. The average Bonchev–Trinajstić information content (AvgIpc) is 3.20. The fraction of sp³-hybridized carbons (Fsp3) is 0. The molecular formula is C35H26N4O21S6. The molecule has 0 saturated heterocycles. The van der Waals surface area contributed by atoms with E-state index in [9.17, 15) is 79.2 Å². The van der Waals surface area contributed by atoms with Gasteiger partial charge in [-0.25, -0.2) is 10.1 Å². The van der Waals surface area contributed by atoms with Crippen LogP contribution in [0, 0.1) is 0 Å². The summed E-state index contributed by atoms with van der Waals surface area (Å²) < 4.78 is 174. The first-order chi connectivity index (χ1) is 30.6. The number of nitrogens with one attached hydrogen (secondary N) is 4. The number of amides is 4. The molecule has 0 radical (unpaired) electrons. The molecule has 6 rings (SSSR count). The highest BCUT2D eigenvalue weighted by molar-refractivity contribution is 7.95. The van der Waals surface area contributed by atoms with Crippen molar-refractivity contribution in [2.45, 2.75) is 29.4 Å². The number of fused-ring (bicyclic) bond motifs is 2. The Labute approximate surface area is 375 Å². The Morgan fingerprint density at radius 1 is 0.470 bits per heavy atom. The molecule has 6 aromatic rings. The van der Waals surface area contributed by atoms with Gasteiger partial charge in [0, 0.05) is 48.9 Å². The summed E-state index contributed by atoms with van der Waals surface area (Å²) in [4.78, 5) is 34.4. The molecule has 0 aliphatic heterocycles. The van der Waals surface area contributed by atoms with Crippen LogP contribution in [0.4, 0.5) is 27.5 Å². The second-order valence-electron chi connectivity index (χ2n) is 13.2. The number of benzene rings is 6. The van der Waals surface area contributed by atoms with Gasteiger partial charge in [0.1, 0.15) is 14.7 Å². The number of hydrogen-bond acceptors (Lipinski definition) is 17. The van der Waals surface area contributed by atoms with E-state index < -0.39 is 115 Å². The molecule has 0 aliphatic carbocycles. The minimum atomic E-state index is -5.43. The zero-order chi connectivity index (χ0) is 48.7. The summed E-state index contributed by atoms with van der Waals surface area (Å²) in [6.45, 7) is 0. The van der Waals surface area contributed by atoms with Crippen molar-refractivity contribution in [3.8, 4) is 0 Å². The smallest absolute Gasteiger partial charge is 0.321 e. The van der Waals surface area contributed by atoms with Crippen LogP contribution >= 0.6 is 12.0 Å². The highest BCUT2D eigenvalue weighted by atomic mass is 32.2. The highest BCUT2D eigenvalue weighted by Gasteiger charge is 2.28. The lowest BCUT2D eigenvalue weighted by molar-refractivity contribution is -0.432. The van der Waals surface area contributed by atoms with Gasteiger partial charge in [-0.1, -0.05) is 17.2 Å². The number of hydrogen-bond donors (Lipinski definition) is 10. The Hall–Kier alpha value is -6.17. The van der Waals surface area contributed by atoms with E-state index in [-0.39, 0.29) is 56.6 Å². The predicted octanol–water partition coefficient (Wildman–Crippen LogP) is 4.80. The van der Waals surface area contributed by atoms with Crippen molar-refractivity contribution in [3.05, 3.63) is 108 Å². The quantitative estimate of drug-likeness (QED) is 0.0303. The molecule has 25 nitrogen and oxygen atoms in total. The van der Waals surface area contributed by atoms with Gasteiger partial charge in [0.2, 0.25) is 0 Å². The Morgan fingerprint density at radius 2 is 0.894 bits per heavy atom. The van der Waals surface area contributed by atoms with Crippen LogP contribution in [-0.4, -0.2) is 88.0 Å². The van der Waals surface area contributed by atoms with Crippen LogP contribution in [0.15, 0.2) is 126 Å². The van der Waals surface area contributed by atoms with Crippen LogP contribution in [0.2, 0.25) is 0 Å². The molecule has 0 aliphatic rings. The van der Waals surface area contributed by atoms with Crippen molar-refractivity contribution in [2.24, 2.45) is 0 Å².